The van der Waals surface area contributed by atoms with Gasteiger partial charge in [0.2, 0.25) is 5.91 Å². The highest BCUT2D eigenvalue weighted by molar-refractivity contribution is 7.80. The van der Waals surface area contributed by atoms with Gasteiger partial charge in [-0.05, 0) is 68.4 Å². The molecular weight excluding hydrogens is 398 g/mol. The monoisotopic (exact) mass is 417 g/mol. The number of hydrogen-bond acceptors (Lipinski definition) is 4. The van der Waals surface area contributed by atoms with Gasteiger partial charge in [-0.25, -0.2) is 0 Å². The highest BCUT2D eigenvalue weighted by Crippen LogP contribution is 2.28. The lowest BCUT2D eigenvalue weighted by Crippen LogP contribution is -2.35. The minimum absolute atomic E-state index is 0.0473. The molecule has 0 aromatic heterocycles. The SMILES string of the molecule is CC(Oc1ccccc1Cl)C(=O)Nc1ccc(NC(=S)NC(=O)C2CC2)cc1. The van der Waals surface area contributed by atoms with Crippen molar-refractivity contribution < 1.29 is 14.3 Å². The third-order valence-corrected chi connectivity index (χ3v) is 4.62. The molecule has 0 saturated heterocycles. The molecule has 8 heteroatoms. The molecule has 1 saturated carbocycles. The molecule has 146 valence electrons. The standard InChI is InChI=1S/C20H20ClN3O3S/c1-12(27-17-5-3-2-4-16(17)21)18(25)22-14-8-10-15(11-9-14)23-20(28)24-19(26)13-6-7-13/h2-5,8-13H,6-7H2,1H3,(H,22,25)(H2,23,24,26,28). The van der Waals surface area contributed by atoms with Gasteiger partial charge in [-0.3, -0.25) is 9.59 Å². The van der Waals surface area contributed by atoms with Crippen molar-refractivity contribution in [2.45, 2.75) is 25.9 Å². The lowest BCUT2D eigenvalue weighted by atomic mass is 10.2. The number of para-hydroxylation sites is 1. The average molecular weight is 418 g/mol. The van der Waals surface area contributed by atoms with Gasteiger partial charge in [0.15, 0.2) is 11.2 Å². The summed E-state index contributed by atoms with van der Waals surface area (Å²) in [5.41, 5.74) is 1.32. The molecule has 1 fully saturated rings. The summed E-state index contributed by atoms with van der Waals surface area (Å²) in [7, 11) is 0. The fourth-order valence-corrected chi connectivity index (χ4v) is 2.79. The Labute approximate surface area is 173 Å². The highest BCUT2D eigenvalue weighted by Gasteiger charge is 2.30. The number of hydrogen-bond donors (Lipinski definition) is 3. The van der Waals surface area contributed by atoms with E-state index in [1.54, 1.807) is 55.5 Å². The maximum absolute atomic E-state index is 12.3. The van der Waals surface area contributed by atoms with Crippen LogP contribution >= 0.6 is 23.8 Å². The quantitative estimate of drug-likeness (QED) is 0.620. The summed E-state index contributed by atoms with van der Waals surface area (Å²) in [4.78, 5) is 24.0. The van der Waals surface area contributed by atoms with Crippen molar-refractivity contribution in [3.8, 4) is 5.75 Å². The predicted molar refractivity (Wildman–Crippen MR) is 114 cm³/mol. The van der Waals surface area contributed by atoms with Crippen molar-refractivity contribution in [2.75, 3.05) is 10.6 Å². The molecule has 2 amide bonds. The summed E-state index contributed by atoms with van der Waals surface area (Å²) in [5, 5.41) is 9.10. The molecule has 0 radical (unpaired) electrons. The van der Waals surface area contributed by atoms with Crippen molar-refractivity contribution in [2.24, 2.45) is 5.92 Å². The average Bonchev–Trinajstić information content (AvgIpc) is 3.50. The molecule has 0 bridgehead atoms. The lowest BCUT2D eigenvalue weighted by molar-refractivity contribution is -0.122. The molecule has 3 rings (SSSR count). The Kier molecular flexibility index (Phi) is 6.49. The van der Waals surface area contributed by atoms with Gasteiger partial charge in [-0.2, -0.15) is 0 Å². The van der Waals surface area contributed by atoms with E-state index in [1.165, 1.54) is 0 Å². The number of rotatable bonds is 6. The van der Waals surface area contributed by atoms with Crippen LogP contribution in [0.4, 0.5) is 11.4 Å². The summed E-state index contributed by atoms with van der Waals surface area (Å²) in [6, 6.07) is 14.0. The number of carbonyl (C=O) groups is 2. The van der Waals surface area contributed by atoms with Gasteiger partial charge in [-0.15, -0.1) is 0 Å². The summed E-state index contributed by atoms with van der Waals surface area (Å²) >= 11 is 11.2. The Hall–Kier alpha value is -2.64. The molecule has 3 N–H and O–H groups in total. The first-order valence-corrected chi connectivity index (χ1v) is 9.65. The second-order valence-electron chi connectivity index (χ2n) is 6.47. The topological polar surface area (TPSA) is 79.5 Å². The second kappa shape index (κ2) is 9.03. The van der Waals surface area contributed by atoms with Crippen molar-refractivity contribution in [1.82, 2.24) is 5.32 Å². The van der Waals surface area contributed by atoms with Gasteiger partial charge in [0.25, 0.3) is 5.91 Å². The molecule has 0 spiro atoms. The number of ether oxygens (including phenoxy) is 1. The molecule has 1 aliphatic rings. The van der Waals surface area contributed by atoms with E-state index in [0.29, 0.717) is 22.1 Å². The summed E-state index contributed by atoms with van der Waals surface area (Å²) in [6.45, 7) is 1.65. The van der Waals surface area contributed by atoms with Crippen LogP contribution in [0.15, 0.2) is 48.5 Å². The maximum Gasteiger partial charge on any atom is 0.265 e. The van der Waals surface area contributed by atoms with Crippen LogP contribution in [0.3, 0.4) is 0 Å². The summed E-state index contributed by atoms with van der Waals surface area (Å²) in [5.74, 6) is 0.196. The zero-order chi connectivity index (χ0) is 20.1. The number of anilines is 2. The molecule has 1 atom stereocenters. The fraction of sp³-hybridized carbons (Fsp3) is 0.250. The van der Waals surface area contributed by atoms with E-state index in [1.807, 2.05) is 0 Å². The minimum atomic E-state index is -0.720. The van der Waals surface area contributed by atoms with E-state index < -0.39 is 6.10 Å². The molecule has 28 heavy (non-hydrogen) atoms. The minimum Gasteiger partial charge on any atom is -0.479 e. The first-order chi connectivity index (χ1) is 13.4. The largest absolute Gasteiger partial charge is 0.479 e. The van der Waals surface area contributed by atoms with E-state index in [-0.39, 0.29) is 22.8 Å². The number of amides is 2. The van der Waals surface area contributed by atoms with Gasteiger partial charge in [0, 0.05) is 17.3 Å². The highest BCUT2D eigenvalue weighted by atomic mass is 35.5. The first kappa shape index (κ1) is 20.1. The zero-order valence-electron chi connectivity index (χ0n) is 15.2. The number of nitrogens with one attached hydrogen (secondary N) is 3. The van der Waals surface area contributed by atoms with Crippen LogP contribution in [0.1, 0.15) is 19.8 Å². The normalized spacial score (nSPS) is 13.9. The smallest absolute Gasteiger partial charge is 0.265 e. The van der Waals surface area contributed by atoms with Crippen LogP contribution in [0.2, 0.25) is 5.02 Å². The third kappa shape index (κ3) is 5.68. The van der Waals surface area contributed by atoms with Crippen LogP contribution in [-0.4, -0.2) is 23.0 Å². The van der Waals surface area contributed by atoms with Crippen LogP contribution in [0, 0.1) is 5.92 Å². The van der Waals surface area contributed by atoms with Crippen LogP contribution < -0.4 is 20.7 Å². The van der Waals surface area contributed by atoms with Gasteiger partial charge >= 0.3 is 0 Å². The zero-order valence-corrected chi connectivity index (χ0v) is 16.8. The van der Waals surface area contributed by atoms with Crippen LogP contribution in [0.25, 0.3) is 0 Å². The second-order valence-corrected chi connectivity index (χ2v) is 7.29. The molecule has 2 aromatic carbocycles. The Morgan fingerprint density at radius 1 is 1.07 bits per heavy atom. The van der Waals surface area contributed by atoms with Crippen LogP contribution in [0.5, 0.6) is 5.75 Å². The van der Waals surface area contributed by atoms with Crippen molar-refractivity contribution in [1.29, 1.82) is 0 Å². The number of carbonyl (C=O) groups excluding carboxylic acids is 2. The van der Waals surface area contributed by atoms with Gasteiger partial charge in [-0.1, -0.05) is 23.7 Å². The molecule has 1 aliphatic carbocycles. The maximum atomic E-state index is 12.3. The Bertz CT molecular complexity index is 885. The fourth-order valence-electron chi connectivity index (χ4n) is 2.39. The van der Waals surface area contributed by atoms with E-state index in [9.17, 15) is 9.59 Å². The van der Waals surface area contributed by atoms with Gasteiger partial charge < -0.3 is 20.7 Å². The summed E-state index contributed by atoms with van der Waals surface area (Å²) in [6.07, 6.45) is 1.12. The number of benzene rings is 2. The van der Waals surface area contributed by atoms with E-state index in [4.69, 9.17) is 28.6 Å². The van der Waals surface area contributed by atoms with Crippen molar-refractivity contribution in [3.05, 3.63) is 53.6 Å². The molecule has 6 nitrogen and oxygen atoms in total. The third-order valence-electron chi connectivity index (χ3n) is 4.10. The van der Waals surface area contributed by atoms with Gasteiger partial charge in [0.05, 0.1) is 5.02 Å². The Balaban J connectivity index is 1.50. The van der Waals surface area contributed by atoms with Crippen LogP contribution in [-0.2, 0) is 9.59 Å². The molecule has 0 aliphatic heterocycles. The van der Waals surface area contributed by atoms with Crippen molar-refractivity contribution >= 4 is 52.1 Å². The number of thiocarbonyl (C=S) groups is 1. The molecule has 2 aromatic rings. The first-order valence-electron chi connectivity index (χ1n) is 8.86. The lowest BCUT2D eigenvalue weighted by Gasteiger charge is -2.16. The predicted octanol–water partition coefficient (Wildman–Crippen LogP) is 3.97. The summed E-state index contributed by atoms with van der Waals surface area (Å²) < 4.78 is 5.60. The van der Waals surface area contributed by atoms with Gasteiger partial charge in [0.1, 0.15) is 5.75 Å². The Morgan fingerprint density at radius 2 is 1.68 bits per heavy atom. The van der Waals surface area contributed by atoms with E-state index in [0.717, 1.165) is 12.8 Å². The molecular formula is C20H20ClN3O3S. The van der Waals surface area contributed by atoms with Crippen molar-refractivity contribution in [3.63, 3.8) is 0 Å². The Morgan fingerprint density at radius 3 is 2.29 bits per heavy atom. The number of halogens is 1. The van der Waals surface area contributed by atoms with E-state index in [2.05, 4.69) is 16.0 Å². The van der Waals surface area contributed by atoms with E-state index >= 15 is 0 Å². The molecule has 0 heterocycles. The molecule has 1 unspecified atom stereocenters.